The van der Waals surface area contributed by atoms with Crippen molar-refractivity contribution >= 4 is 15.8 Å². The number of hydrogen-bond donors (Lipinski definition) is 0. The van der Waals surface area contributed by atoms with Gasteiger partial charge in [-0.3, -0.25) is 4.79 Å². The number of oxazole rings is 1. The third-order valence-corrected chi connectivity index (χ3v) is 6.49. The highest BCUT2D eigenvalue weighted by Crippen LogP contribution is 2.25. The van der Waals surface area contributed by atoms with Gasteiger partial charge in [0.25, 0.3) is 5.89 Å². The summed E-state index contributed by atoms with van der Waals surface area (Å²) in [7, 11) is -3.13. The lowest BCUT2D eigenvalue weighted by Crippen LogP contribution is -2.41. The van der Waals surface area contributed by atoms with E-state index in [0.717, 1.165) is 25.7 Å². The van der Waals surface area contributed by atoms with Gasteiger partial charge < -0.3 is 4.42 Å². The SMILES string of the molecule is CC(C)S(=O)(=O)N1CCC(CCCC(=O)c2ncco2)CC1. The summed E-state index contributed by atoms with van der Waals surface area (Å²) < 4.78 is 30.8. The van der Waals surface area contributed by atoms with E-state index in [-0.39, 0.29) is 16.9 Å². The summed E-state index contributed by atoms with van der Waals surface area (Å²) in [5.41, 5.74) is 0. The van der Waals surface area contributed by atoms with Gasteiger partial charge in [0, 0.05) is 19.5 Å². The molecule has 0 saturated carbocycles. The molecule has 0 bridgehead atoms. The molecule has 7 heteroatoms. The second kappa shape index (κ2) is 7.37. The molecule has 0 atom stereocenters. The molecule has 0 aliphatic carbocycles. The standard InChI is InChI=1S/C15H24N2O4S/c1-12(2)22(19,20)17-9-6-13(7-10-17)4-3-5-14(18)15-16-8-11-21-15/h8,11-13H,3-7,9-10H2,1-2H3. The molecule has 1 fully saturated rings. The van der Waals surface area contributed by atoms with Crippen molar-refractivity contribution in [3.8, 4) is 0 Å². The van der Waals surface area contributed by atoms with Crippen molar-refractivity contribution in [2.24, 2.45) is 5.92 Å². The van der Waals surface area contributed by atoms with Gasteiger partial charge in [0.05, 0.1) is 11.4 Å². The van der Waals surface area contributed by atoms with Crippen LogP contribution in [-0.2, 0) is 10.0 Å². The smallest absolute Gasteiger partial charge is 0.263 e. The van der Waals surface area contributed by atoms with Crippen molar-refractivity contribution in [3.63, 3.8) is 0 Å². The van der Waals surface area contributed by atoms with Crippen molar-refractivity contribution in [1.82, 2.24) is 9.29 Å². The van der Waals surface area contributed by atoms with Gasteiger partial charge in [-0.05, 0) is 45.4 Å². The zero-order valence-electron chi connectivity index (χ0n) is 13.2. The van der Waals surface area contributed by atoms with Crippen molar-refractivity contribution in [2.75, 3.05) is 13.1 Å². The molecule has 1 aliphatic rings. The van der Waals surface area contributed by atoms with Gasteiger partial charge in [-0.25, -0.2) is 17.7 Å². The third kappa shape index (κ3) is 4.16. The molecule has 124 valence electrons. The van der Waals surface area contributed by atoms with Gasteiger partial charge in [-0.2, -0.15) is 0 Å². The highest BCUT2D eigenvalue weighted by molar-refractivity contribution is 7.89. The van der Waals surface area contributed by atoms with Crippen LogP contribution in [-0.4, -0.2) is 41.8 Å². The third-order valence-electron chi connectivity index (χ3n) is 4.22. The lowest BCUT2D eigenvalue weighted by Gasteiger charge is -2.32. The van der Waals surface area contributed by atoms with Crippen LogP contribution in [0.1, 0.15) is 56.6 Å². The Bertz CT molecular complexity index is 573. The first kappa shape index (κ1) is 17.1. The normalized spacial score (nSPS) is 18.0. The van der Waals surface area contributed by atoms with Crippen LogP contribution in [0.2, 0.25) is 0 Å². The summed E-state index contributed by atoms with van der Waals surface area (Å²) in [5.74, 6) is 0.610. The molecule has 2 heterocycles. The molecule has 6 nitrogen and oxygen atoms in total. The van der Waals surface area contributed by atoms with Crippen molar-refractivity contribution in [1.29, 1.82) is 0 Å². The van der Waals surface area contributed by atoms with Crippen LogP contribution in [0.25, 0.3) is 0 Å². The Morgan fingerprint density at radius 3 is 2.64 bits per heavy atom. The average molecular weight is 328 g/mol. The van der Waals surface area contributed by atoms with Crippen LogP contribution in [0.5, 0.6) is 0 Å². The zero-order chi connectivity index (χ0) is 16.2. The Labute approximate surface area is 132 Å². The predicted octanol–water partition coefficient (Wildman–Crippen LogP) is 2.48. The first-order valence-corrected chi connectivity index (χ1v) is 9.33. The molecule has 0 spiro atoms. The topological polar surface area (TPSA) is 80.5 Å². The molecule has 1 aliphatic heterocycles. The summed E-state index contributed by atoms with van der Waals surface area (Å²) in [6, 6.07) is 0. The largest absolute Gasteiger partial charge is 0.442 e. The summed E-state index contributed by atoms with van der Waals surface area (Å²) in [6.45, 7) is 4.63. The summed E-state index contributed by atoms with van der Waals surface area (Å²) in [4.78, 5) is 15.6. The van der Waals surface area contributed by atoms with Crippen LogP contribution in [0.15, 0.2) is 16.9 Å². The number of carbonyl (C=O) groups excluding carboxylic acids is 1. The molecule has 0 N–H and O–H groups in total. The van der Waals surface area contributed by atoms with Crippen LogP contribution in [0.3, 0.4) is 0 Å². The Hall–Kier alpha value is -1.21. The molecule has 2 rings (SSSR count). The minimum Gasteiger partial charge on any atom is -0.442 e. The highest BCUT2D eigenvalue weighted by Gasteiger charge is 2.29. The molecule has 0 radical (unpaired) electrons. The Kier molecular flexibility index (Phi) is 5.74. The molecule has 22 heavy (non-hydrogen) atoms. The average Bonchev–Trinajstić information content (AvgIpc) is 3.02. The maximum atomic E-state index is 12.1. The van der Waals surface area contributed by atoms with Gasteiger partial charge in [0.2, 0.25) is 15.8 Å². The number of sulfonamides is 1. The second-order valence-electron chi connectivity index (χ2n) is 6.09. The number of aromatic nitrogens is 1. The van der Waals surface area contributed by atoms with Crippen molar-refractivity contribution in [3.05, 3.63) is 18.4 Å². The van der Waals surface area contributed by atoms with E-state index in [1.807, 2.05) is 0 Å². The predicted molar refractivity (Wildman–Crippen MR) is 83.0 cm³/mol. The van der Waals surface area contributed by atoms with Crippen molar-refractivity contribution < 1.29 is 17.6 Å². The fourth-order valence-corrected chi connectivity index (χ4v) is 4.09. The van der Waals surface area contributed by atoms with Crippen LogP contribution < -0.4 is 0 Å². The van der Waals surface area contributed by atoms with Crippen molar-refractivity contribution in [2.45, 2.75) is 51.2 Å². The van der Waals surface area contributed by atoms with E-state index in [9.17, 15) is 13.2 Å². The minimum atomic E-state index is -3.13. The van der Waals surface area contributed by atoms with E-state index >= 15 is 0 Å². The molecule has 1 saturated heterocycles. The number of carbonyl (C=O) groups is 1. The number of piperidine rings is 1. The van der Waals surface area contributed by atoms with E-state index in [1.54, 1.807) is 18.2 Å². The lowest BCUT2D eigenvalue weighted by atomic mass is 9.92. The van der Waals surface area contributed by atoms with Gasteiger partial charge in [-0.1, -0.05) is 0 Å². The molecule has 0 aromatic carbocycles. The number of rotatable bonds is 7. The van der Waals surface area contributed by atoms with E-state index in [4.69, 9.17) is 4.42 Å². The molecular formula is C15H24N2O4S. The zero-order valence-corrected chi connectivity index (χ0v) is 14.0. The Balaban J connectivity index is 1.71. The Morgan fingerprint density at radius 1 is 1.41 bits per heavy atom. The minimum absolute atomic E-state index is 0.0650. The van der Waals surface area contributed by atoms with Gasteiger partial charge in [-0.15, -0.1) is 0 Å². The van der Waals surface area contributed by atoms with E-state index in [1.165, 1.54) is 12.5 Å². The first-order chi connectivity index (χ1) is 10.4. The van der Waals surface area contributed by atoms with Crippen LogP contribution >= 0.6 is 0 Å². The molecule has 0 amide bonds. The van der Waals surface area contributed by atoms with E-state index in [2.05, 4.69) is 4.98 Å². The van der Waals surface area contributed by atoms with Gasteiger partial charge in [0.15, 0.2) is 0 Å². The van der Waals surface area contributed by atoms with Crippen LogP contribution in [0, 0.1) is 5.92 Å². The summed E-state index contributed by atoms with van der Waals surface area (Å²) in [6.07, 6.45) is 6.80. The van der Waals surface area contributed by atoms with Gasteiger partial charge in [0.1, 0.15) is 6.26 Å². The van der Waals surface area contributed by atoms with Gasteiger partial charge >= 0.3 is 0 Å². The first-order valence-electron chi connectivity index (χ1n) is 7.83. The summed E-state index contributed by atoms with van der Waals surface area (Å²) >= 11 is 0. The maximum absolute atomic E-state index is 12.1. The molecular weight excluding hydrogens is 304 g/mol. The number of ketones is 1. The number of nitrogens with zero attached hydrogens (tertiary/aromatic N) is 2. The monoisotopic (exact) mass is 328 g/mol. The highest BCUT2D eigenvalue weighted by atomic mass is 32.2. The number of Topliss-reactive ketones (excluding diaryl/α,β-unsaturated/α-hetero) is 1. The second-order valence-corrected chi connectivity index (χ2v) is 8.58. The summed E-state index contributed by atoms with van der Waals surface area (Å²) in [5, 5.41) is -0.359. The quantitative estimate of drug-likeness (QED) is 0.718. The molecule has 0 unspecified atom stereocenters. The maximum Gasteiger partial charge on any atom is 0.263 e. The van der Waals surface area contributed by atoms with Crippen LogP contribution in [0.4, 0.5) is 0 Å². The lowest BCUT2D eigenvalue weighted by molar-refractivity contribution is 0.0942. The number of hydrogen-bond acceptors (Lipinski definition) is 5. The molecule has 1 aromatic rings. The fourth-order valence-electron chi connectivity index (χ4n) is 2.77. The molecule has 1 aromatic heterocycles. The van der Waals surface area contributed by atoms with E-state index < -0.39 is 10.0 Å². The fraction of sp³-hybridized carbons (Fsp3) is 0.733. The van der Waals surface area contributed by atoms with E-state index in [0.29, 0.717) is 25.4 Å². The Morgan fingerprint density at radius 2 is 2.09 bits per heavy atom.